The summed E-state index contributed by atoms with van der Waals surface area (Å²) in [7, 11) is -5.93. The Morgan fingerprint density at radius 3 is 1.42 bits per heavy atom. The third kappa shape index (κ3) is 48.5. The third-order valence-electron chi connectivity index (χ3n) is 0.364. The van der Waals surface area contributed by atoms with E-state index in [9.17, 15) is 9.13 Å². The molecular formula is C3H13NO6P2. The molecule has 0 aliphatic rings. The predicted molar refractivity (Wildman–Crippen MR) is 43.9 cm³/mol. The van der Waals surface area contributed by atoms with Crippen LogP contribution in [0, 0.1) is 0 Å². The van der Waals surface area contributed by atoms with Crippen molar-refractivity contribution in [3.05, 3.63) is 0 Å². The van der Waals surface area contributed by atoms with Crippen LogP contribution in [0.15, 0.2) is 0 Å². The zero-order valence-electron chi connectivity index (χ0n) is 6.71. The molecule has 0 amide bonds. The second kappa shape index (κ2) is 5.83. The Labute approximate surface area is 70.1 Å². The van der Waals surface area contributed by atoms with Crippen LogP contribution < -0.4 is 5.32 Å². The maximum absolute atomic E-state index is 9.86. The van der Waals surface area contributed by atoms with Gasteiger partial charge in [0.25, 0.3) is 0 Å². The van der Waals surface area contributed by atoms with Gasteiger partial charge in [0.1, 0.15) is 0 Å². The maximum Gasteiger partial charge on any atom is 0.339 e. The fourth-order valence-corrected chi connectivity index (χ4v) is 0.618. The molecule has 12 heavy (non-hydrogen) atoms. The van der Waals surface area contributed by atoms with Gasteiger partial charge in [-0.3, -0.25) is 9.13 Å². The first-order valence-electron chi connectivity index (χ1n) is 2.78. The van der Waals surface area contributed by atoms with E-state index in [1.165, 1.54) is 7.05 Å². The molecule has 7 nitrogen and oxygen atoms in total. The molecule has 0 rings (SSSR count). The molecule has 0 atom stereocenters. The maximum atomic E-state index is 9.86. The summed E-state index contributed by atoms with van der Waals surface area (Å²) < 4.78 is 19.2. The molecule has 0 saturated carbocycles. The van der Waals surface area contributed by atoms with E-state index in [1.54, 1.807) is 0 Å². The molecule has 76 valence electrons. The van der Waals surface area contributed by atoms with E-state index in [2.05, 4.69) is 5.32 Å². The Bertz CT molecular complexity index is 185. The van der Waals surface area contributed by atoms with Crippen molar-refractivity contribution in [3.8, 4) is 0 Å². The van der Waals surface area contributed by atoms with E-state index in [1.807, 2.05) is 0 Å². The fourth-order valence-electron chi connectivity index (χ4n) is 0.206. The van der Waals surface area contributed by atoms with Gasteiger partial charge in [0.15, 0.2) is 0 Å². The predicted octanol–water partition coefficient (Wildman–Crippen LogP) is -0.865. The monoisotopic (exact) mass is 221 g/mol. The Morgan fingerprint density at radius 2 is 1.42 bits per heavy atom. The highest BCUT2D eigenvalue weighted by Crippen LogP contribution is 2.31. The molecule has 0 bridgehead atoms. The molecule has 0 aromatic carbocycles. The van der Waals surface area contributed by atoms with E-state index in [0.29, 0.717) is 0 Å². The second-order valence-electron chi connectivity index (χ2n) is 2.01. The zero-order chi connectivity index (χ0) is 10.4. The Morgan fingerprint density at radius 1 is 1.17 bits per heavy atom. The summed E-state index contributed by atoms with van der Waals surface area (Å²) in [5.74, 6) is 0. The van der Waals surface area contributed by atoms with Gasteiger partial charge in [0.2, 0.25) is 0 Å². The van der Waals surface area contributed by atoms with Crippen molar-refractivity contribution in [2.75, 3.05) is 20.0 Å². The fraction of sp³-hybridized carbons (Fsp3) is 1.00. The smallest absolute Gasteiger partial charge is 0.325 e. The molecule has 0 spiro atoms. The minimum absolute atomic E-state index is 0.243. The molecule has 5 N–H and O–H groups in total. The average molecular weight is 221 g/mol. The van der Waals surface area contributed by atoms with Crippen LogP contribution in [0.4, 0.5) is 0 Å². The minimum atomic E-state index is -3.78. The van der Waals surface area contributed by atoms with E-state index < -0.39 is 15.2 Å². The van der Waals surface area contributed by atoms with Crippen LogP contribution >= 0.6 is 15.2 Å². The molecule has 0 unspecified atom stereocenters. The highest BCUT2D eigenvalue weighted by molar-refractivity contribution is 7.51. The Balaban J connectivity index is 0. The summed E-state index contributed by atoms with van der Waals surface area (Å²) >= 11 is 0. The first-order valence-corrected chi connectivity index (χ1v) is 6.64. The Kier molecular flexibility index (Phi) is 7.17. The highest BCUT2D eigenvalue weighted by Gasteiger charge is 2.08. The quantitative estimate of drug-likeness (QED) is 0.383. The van der Waals surface area contributed by atoms with E-state index in [-0.39, 0.29) is 6.29 Å². The van der Waals surface area contributed by atoms with Gasteiger partial charge < -0.3 is 24.9 Å². The van der Waals surface area contributed by atoms with Crippen LogP contribution in [0.2, 0.25) is 0 Å². The summed E-state index contributed by atoms with van der Waals surface area (Å²) in [6.45, 7) is 0.854. The van der Waals surface area contributed by atoms with Crippen LogP contribution in [-0.2, 0) is 9.13 Å². The molecular weight excluding hydrogens is 208 g/mol. The molecule has 0 aromatic heterocycles. The second-order valence-corrected chi connectivity index (χ2v) is 5.33. The lowest BCUT2D eigenvalue weighted by molar-refractivity contribution is 0.369. The summed E-state index contributed by atoms with van der Waals surface area (Å²) in [5, 5.41) is 2.34. The van der Waals surface area contributed by atoms with Crippen LogP contribution in [0.3, 0.4) is 0 Å². The van der Waals surface area contributed by atoms with Gasteiger partial charge in [0.05, 0.1) is 6.29 Å². The first-order chi connectivity index (χ1) is 5.06. The largest absolute Gasteiger partial charge is 0.339 e. The number of hydrogen-bond acceptors (Lipinski definition) is 3. The van der Waals surface area contributed by atoms with Gasteiger partial charge in [-0.2, -0.15) is 0 Å². The summed E-state index contributed by atoms with van der Waals surface area (Å²) in [4.78, 5) is 31.4. The lowest BCUT2D eigenvalue weighted by Crippen LogP contribution is -2.07. The topological polar surface area (TPSA) is 127 Å². The van der Waals surface area contributed by atoms with Gasteiger partial charge >= 0.3 is 15.2 Å². The van der Waals surface area contributed by atoms with Crippen molar-refractivity contribution < 1.29 is 28.7 Å². The van der Waals surface area contributed by atoms with Crippen molar-refractivity contribution in [2.45, 2.75) is 0 Å². The van der Waals surface area contributed by atoms with Crippen LogP contribution in [0.1, 0.15) is 0 Å². The summed E-state index contributed by atoms with van der Waals surface area (Å²) in [5.41, 5.74) is 0. The molecule has 0 aliphatic carbocycles. The molecule has 0 aliphatic heterocycles. The van der Waals surface area contributed by atoms with Gasteiger partial charge in [-0.25, -0.2) is 0 Å². The molecule has 0 fully saturated rings. The van der Waals surface area contributed by atoms with Gasteiger partial charge in [-0.15, -0.1) is 0 Å². The van der Waals surface area contributed by atoms with Crippen molar-refractivity contribution in [3.63, 3.8) is 0 Å². The van der Waals surface area contributed by atoms with Crippen molar-refractivity contribution >= 4 is 15.2 Å². The minimum Gasteiger partial charge on any atom is -0.325 e. The third-order valence-corrected chi connectivity index (χ3v) is 1.09. The van der Waals surface area contributed by atoms with Gasteiger partial charge in [0, 0.05) is 6.66 Å². The molecule has 0 heterocycles. The lowest BCUT2D eigenvalue weighted by atomic mass is 11.3. The summed E-state index contributed by atoms with van der Waals surface area (Å²) in [6, 6.07) is 0. The van der Waals surface area contributed by atoms with Gasteiger partial charge in [-0.05, 0) is 7.05 Å². The standard InChI is InChI=1S/C2H8NO3P.CH5O3P/c1-3-2-7(4,5)6;1-5(2,3)4/h3H,2H2,1H3,(H2,4,5,6);1H3,(H2,2,3,4). The van der Waals surface area contributed by atoms with Crippen LogP contribution in [0.25, 0.3) is 0 Å². The van der Waals surface area contributed by atoms with Crippen LogP contribution in [-0.4, -0.2) is 39.6 Å². The normalized spacial score (nSPS) is 11.8. The molecule has 0 radical (unpaired) electrons. The van der Waals surface area contributed by atoms with Crippen molar-refractivity contribution in [2.24, 2.45) is 0 Å². The zero-order valence-corrected chi connectivity index (χ0v) is 8.50. The highest BCUT2D eigenvalue weighted by atomic mass is 31.2. The number of rotatable bonds is 2. The number of hydrogen-bond donors (Lipinski definition) is 5. The number of nitrogens with one attached hydrogen (secondary N) is 1. The van der Waals surface area contributed by atoms with Crippen LogP contribution in [0.5, 0.6) is 0 Å². The Hall–Kier alpha value is 0.260. The van der Waals surface area contributed by atoms with Gasteiger partial charge in [-0.1, -0.05) is 0 Å². The van der Waals surface area contributed by atoms with Crippen molar-refractivity contribution in [1.82, 2.24) is 5.32 Å². The SMILES string of the molecule is CNCP(=O)(O)O.CP(=O)(O)O. The molecule has 0 aromatic rings. The average Bonchev–Trinajstić information content (AvgIpc) is 1.54. The van der Waals surface area contributed by atoms with E-state index >= 15 is 0 Å². The lowest BCUT2D eigenvalue weighted by Gasteiger charge is -1.98. The molecule has 0 saturated heterocycles. The molecule has 9 heteroatoms. The van der Waals surface area contributed by atoms with E-state index in [0.717, 1.165) is 6.66 Å². The van der Waals surface area contributed by atoms with E-state index in [4.69, 9.17) is 19.6 Å². The van der Waals surface area contributed by atoms with Crippen molar-refractivity contribution in [1.29, 1.82) is 0 Å². The first kappa shape index (κ1) is 14.8. The summed E-state index contributed by atoms with van der Waals surface area (Å²) in [6.07, 6.45) is -0.243.